The van der Waals surface area contributed by atoms with Crippen LogP contribution >= 0.6 is 0 Å². The van der Waals surface area contributed by atoms with Gasteiger partial charge in [0.25, 0.3) is 5.69 Å². The molecule has 0 spiro atoms. The van der Waals surface area contributed by atoms with Crippen molar-refractivity contribution in [1.29, 1.82) is 5.26 Å². The molecule has 1 rings (SSSR count). The lowest BCUT2D eigenvalue weighted by Crippen LogP contribution is -2.28. The lowest BCUT2D eigenvalue weighted by molar-refractivity contribution is -0.384. The standard InChI is InChI=1S/C13H17N3O3/c1-11-4-5-12(13(10-11)16(17)18)15(7-3-6-14)8-9-19-2/h4-5,10H,3,7-9H2,1-2H3. The molecule has 19 heavy (non-hydrogen) atoms. The summed E-state index contributed by atoms with van der Waals surface area (Å²) >= 11 is 0. The Morgan fingerprint density at radius 3 is 2.79 bits per heavy atom. The van der Waals surface area contributed by atoms with Gasteiger partial charge < -0.3 is 9.64 Å². The number of methoxy groups -OCH3 is 1. The van der Waals surface area contributed by atoms with Gasteiger partial charge in [-0.1, -0.05) is 6.07 Å². The van der Waals surface area contributed by atoms with Crippen molar-refractivity contribution in [3.63, 3.8) is 0 Å². The van der Waals surface area contributed by atoms with Gasteiger partial charge in [-0.3, -0.25) is 10.1 Å². The highest BCUT2D eigenvalue weighted by Crippen LogP contribution is 2.29. The van der Waals surface area contributed by atoms with E-state index in [2.05, 4.69) is 6.07 Å². The summed E-state index contributed by atoms with van der Waals surface area (Å²) in [7, 11) is 1.58. The van der Waals surface area contributed by atoms with Crippen LogP contribution in [0, 0.1) is 28.4 Å². The Hall–Kier alpha value is -2.13. The number of hydrogen-bond donors (Lipinski definition) is 0. The maximum Gasteiger partial charge on any atom is 0.292 e. The average Bonchev–Trinajstić information content (AvgIpc) is 2.39. The third-order valence-electron chi connectivity index (χ3n) is 2.73. The Labute approximate surface area is 112 Å². The van der Waals surface area contributed by atoms with Gasteiger partial charge in [-0.15, -0.1) is 0 Å². The van der Waals surface area contributed by atoms with E-state index in [1.165, 1.54) is 0 Å². The fourth-order valence-electron chi connectivity index (χ4n) is 1.79. The van der Waals surface area contributed by atoms with Crippen molar-refractivity contribution in [2.75, 3.05) is 31.7 Å². The Balaban J connectivity index is 3.06. The van der Waals surface area contributed by atoms with Gasteiger partial charge in [-0.25, -0.2) is 0 Å². The van der Waals surface area contributed by atoms with Gasteiger partial charge in [-0.05, 0) is 18.6 Å². The monoisotopic (exact) mass is 263 g/mol. The molecule has 0 aromatic heterocycles. The van der Waals surface area contributed by atoms with Gasteiger partial charge in [-0.2, -0.15) is 5.26 Å². The van der Waals surface area contributed by atoms with Crippen LogP contribution in [0.4, 0.5) is 11.4 Å². The van der Waals surface area contributed by atoms with E-state index in [1.807, 2.05) is 17.9 Å². The van der Waals surface area contributed by atoms with Crippen LogP contribution in [-0.4, -0.2) is 31.7 Å². The van der Waals surface area contributed by atoms with Crippen LogP contribution in [0.3, 0.4) is 0 Å². The Kier molecular flexibility index (Phi) is 5.76. The predicted octanol–water partition coefficient (Wildman–Crippen LogP) is 2.27. The van der Waals surface area contributed by atoms with Crippen molar-refractivity contribution in [3.05, 3.63) is 33.9 Å². The van der Waals surface area contributed by atoms with Gasteiger partial charge in [0, 0.05) is 26.3 Å². The van der Waals surface area contributed by atoms with Crippen molar-refractivity contribution in [2.24, 2.45) is 0 Å². The van der Waals surface area contributed by atoms with Gasteiger partial charge in [0.15, 0.2) is 0 Å². The first-order chi connectivity index (χ1) is 9.10. The summed E-state index contributed by atoms with van der Waals surface area (Å²) in [4.78, 5) is 12.5. The maximum absolute atomic E-state index is 11.1. The van der Waals surface area contributed by atoms with Crippen molar-refractivity contribution in [2.45, 2.75) is 13.3 Å². The molecule has 0 saturated heterocycles. The van der Waals surface area contributed by atoms with Crippen molar-refractivity contribution in [1.82, 2.24) is 0 Å². The van der Waals surface area contributed by atoms with Crippen LogP contribution in [0.1, 0.15) is 12.0 Å². The number of nitrogens with zero attached hydrogens (tertiary/aromatic N) is 3. The minimum atomic E-state index is -0.394. The van der Waals surface area contributed by atoms with Gasteiger partial charge in [0.05, 0.1) is 24.0 Å². The third kappa shape index (κ3) is 4.23. The van der Waals surface area contributed by atoms with Crippen LogP contribution < -0.4 is 4.90 Å². The maximum atomic E-state index is 11.1. The highest BCUT2D eigenvalue weighted by Gasteiger charge is 2.19. The molecule has 0 amide bonds. The molecule has 0 aliphatic carbocycles. The molecular weight excluding hydrogens is 246 g/mol. The number of rotatable bonds is 7. The number of anilines is 1. The Bertz CT molecular complexity index is 483. The fourth-order valence-corrected chi connectivity index (χ4v) is 1.79. The van der Waals surface area contributed by atoms with E-state index >= 15 is 0 Å². The molecule has 0 aliphatic rings. The quantitative estimate of drug-likeness (QED) is 0.557. The number of ether oxygens (including phenoxy) is 1. The zero-order valence-electron chi connectivity index (χ0n) is 11.1. The van der Waals surface area contributed by atoms with Crippen molar-refractivity contribution in [3.8, 4) is 6.07 Å². The lowest BCUT2D eigenvalue weighted by atomic mass is 10.1. The van der Waals surface area contributed by atoms with Crippen molar-refractivity contribution >= 4 is 11.4 Å². The molecule has 0 bridgehead atoms. The van der Waals surface area contributed by atoms with E-state index in [-0.39, 0.29) is 5.69 Å². The highest BCUT2D eigenvalue weighted by molar-refractivity contribution is 5.64. The minimum Gasteiger partial charge on any atom is -0.383 e. The normalized spacial score (nSPS) is 9.95. The van der Waals surface area contributed by atoms with E-state index in [0.717, 1.165) is 5.56 Å². The average molecular weight is 263 g/mol. The first-order valence-electron chi connectivity index (χ1n) is 5.96. The largest absolute Gasteiger partial charge is 0.383 e. The number of hydrogen-bond acceptors (Lipinski definition) is 5. The second-order valence-corrected chi connectivity index (χ2v) is 4.14. The molecule has 0 heterocycles. The molecule has 6 nitrogen and oxygen atoms in total. The molecule has 102 valence electrons. The predicted molar refractivity (Wildman–Crippen MR) is 72.2 cm³/mol. The number of nitro groups is 1. The first-order valence-corrected chi connectivity index (χ1v) is 5.96. The Morgan fingerprint density at radius 1 is 1.47 bits per heavy atom. The number of aryl methyl sites for hydroxylation is 1. The highest BCUT2D eigenvalue weighted by atomic mass is 16.6. The van der Waals surface area contributed by atoms with Gasteiger partial charge in [0.1, 0.15) is 5.69 Å². The summed E-state index contributed by atoms with van der Waals surface area (Å²) in [6, 6.07) is 7.15. The van der Waals surface area contributed by atoms with E-state index in [0.29, 0.717) is 31.8 Å². The molecule has 1 aromatic rings. The lowest BCUT2D eigenvalue weighted by Gasteiger charge is -2.23. The SMILES string of the molecule is COCCN(CCC#N)c1ccc(C)cc1[N+](=O)[O-]. The van der Waals surface area contributed by atoms with Gasteiger partial charge >= 0.3 is 0 Å². The van der Waals surface area contributed by atoms with Crippen molar-refractivity contribution < 1.29 is 9.66 Å². The molecule has 6 heteroatoms. The molecule has 1 aromatic carbocycles. The summed E-state index contributed by atoms with van der Waals surface area (Å²) in [6.45, 7) is 3.23. The van der Waals surface area contributed by atoms with Crippen LogP contribution in [0.2, 0.25) is 0 Å². The number of nitriles is 1. The molecular formula is C13H17N3O3. The molecule has 0 radical (unpaired) electrons. The van der Waals surface area contributed by atoms with Gasteiger partial charge in [0.2, 0.25) is 0 Å². The molecule has 0 fully saturated rings. The fraction of sp³-hybridized carbons (Fsp3) is 0.462. The molecule has 0 atom stereocenters. The van der Waals surface area contributed by atoms with Crippen LogP contribution in [0.5, 0.6) is 0 Å². The van der Waals surface area contributed by atoms with Crippen LogP contribution in [0.15, 0.2) is 18.2 Å². The second kappa shape index (κ2) is 7.34. The Morgan fingerprint density at radius 2 is 2.21 bits per heavy atom. The van der Waals surface area contributed by atoms with E-state index < -0.39 is 4.92 Å². The summed E-state index contributed by atoms with van der Waals surface area (Å²) in [5.74, 6) is 0. The number of benzene rings is 1. The van der Waals surface area contributed by atoms with E-state index in [9.17, 15) is 10.1 Å². The third-order valence-corrected chi connectivity index (χ3v) is 2.73. The topological polar surface area (TPSA) is 79.4 Å². The molecule has 0 unspecified atom stereocenters. The molecule has 0 N–H and O–H groups in total. The summed E-state index contributed by atoms with van der Waals surface area (Å²) in [6.07, 6.45) is 0.314. The molecule has 0 saturated carbocycles. The van der Waals surface area contributed by atoms with E-state index in [1.54, 1.807) is 19.2 Å². The van der Waals surface area contributed by atoms with E-state index in [4.69, 9.17) is 10.00 Å². The number of nitro benzene ring substituents is 1. The van der Waals surface area contributed by atoms with Crippen LogP contribution in [-0.2, 0) is 4.74 Å². The van der Waals surface area contributed by atoms with Crippen LogP contribution in [0.25, 0.3) is 0 Å². The zero-order valence-corrected chi connectivity index (χ0v) is 11.1. The summed E-state index contributed by atoms with van der Waals surface area (Å²) in [5, 5.41) is 19.8. The summed E-state index contributed by atoms with van der Waals surface area (Å²) in [5.41, 5.74) is 1.43. The summed E-state index contributed by atoms with van der Waals surface area (Å²) < 4.78 is 5.00. The second-order valence-electron chi connectivity index (χ2n) is 4.14. The zero-order chi connectivity index (χ0) is 14.3. The molecule has 0 aliphatic heterocycles. The first kappa shape index (κ1) is 14.9. The minimum absolute atomic E-state index is 0.0639. The smallest absolute Gasteiger partial charge is 0.292 e.